The molecular formula is C36H54O5. The number of Topliss-reactive ketones (excluding diaryl/α,β-unsaturated/α-hetero) is 2. The SMILES string of the molecule is C=C(C)[C@@H]1CC[C@@]2(C(=O)O)[C@H]1[C@H]1CC[C@@H]3[C@@]4(C)CC[C@H](O)C(C)(C)[C@@H]4CC[C@@]3(C)[C@]1(C)C(C)(C)C21C(=O)CCC1=O. The van der Waals surface area contributed by atoms with Crippen molar-refractivity contribution in [1.82, 2.24) is 0 Å². The van der Waals surface area contributed by atoms with Gasteiger partial charge in [-0.15, -0.1) is 0 Å². The summed E-state index contributed by atoms with van der Waals surface area (Å²) >= 11 is 0. The van der Waals surface area contributed by atoms with Crippen molar-refractivity contribution in [3.05, 3.63) is 12.2 Å². The van der Waals surface area contributed by atoms with E-state index >= 15 is 0 Å². The summed E-state index contributed by atoms with van der Waals surface area (Å²) in [5.41, 5.74) is -3.44. The van der Waals surface area contributed by atoms with Crippen molar-refractivity contribution in [1.29, 1.82) is 0 Å². The Morgan fingerprint density at radius 3 is 2.00 bits per heavy atom. The van der Waals surface area contributed by atoms with Gasteiger partial charge in [-0.2, -0.15) is 0 Å². The predicted molar refractivity (Wildman–Crippen MR) is 159 cm³/mol. The quantitative estimate of drug-likeness (QED) is 0.271. The van der Waals surface area contributed by atoms with E-state index in [0.29, 0.717) is 24.7 Å². The molecule has 0 bridgehead atoms. The summed E-state index contributed by atoms with van der Waals surface area (Å²) in [4.78, 5) is 42.7. The highest BCUT2D eigenvalue weighted by Gasteiger charge is 2.87. The zero-order valence-electron chi connectivity index (χ0n) is 26.9. The molecule has 6 aliphatic rings. The van der Waals surface area contributed by atoms with Crippen LogP contribution >= 0.6 is 0 Å². The fourth-order valence-electron chi connectivity index (χ4n) is 14.6. The Kier molecular flexibility index (Phi) is 6.03. The van der Waals surface area contributed by atoms with E-state index < -0.39 is 27.6 Å². The van der Waals surface area contributed by atoms with Gasteiger partial charge in [-0.05, 0) is 115 Å². The first-order chi connectivity index (χ1) is 18.8. The molecule has 0 aliphatic heterocycles. The van der Waals surface area contributed by atoms with Crippen LogP contribution in [0.25, 0.3) is 0 Å². The first-order valence-electron chi connectivity index (χ1n) is 16.5. The van der Waals surface area contributed by atoms with Gasteiger partial charge in [-0.25, -0.2) is 0 Å². The number of hydrogen-bond donors (Lipinski definition) is 2. The number of fused-ring (bicyclic) bond motifs is 8. The number of carboxylic acid groups (broad SMARTS) is 1. The predicted octanol–water partition coefficient (Wildman–Crippen LogP) is 7.25. The van der Waals surface area contributed by atoms with Crippen molar-refractivity contribution in [2.45, 2.75) is 126 Å². The lowest BCUT2D eigenvalue weighted by atomic mass is 9.24. The Balaban J connectivity index is 1.63. The summed E-state index contributed by atoms with van der Waals surface area (Å²) in [7, 11) is 0. The second-order valence-electron chi connectivity index (χ2n) is 17.3. The third-order valence-electron chi connectivity index (χ3n) is 16.3. The highest BCUT2D eigenvalue weighted by Crippen LogP contribution is 2.85. The molecule has 1 spiro atoms. The monoisotopic (exact) mass is 566 g/mol. The maximum absolute atomic E-state index is 14.5. The molecule has 5 heteroatoms. The van der Waals surface area contributed by atoms with Crippen LogP contribution in [-0.2, 0) is 14.4 Å². The van der Waals surface area contributed by atoms with E-state index in [0.717, 1.165) is 44.1 Å². The molecule has 0 radical (unpaired) electrons. The molecule has 228 valence electrons. The standard InChI is InChI=1S/C36H54O5/c1-20(2)21-14-19-35(29(40)41)28(21)22-10-11-24-32(7)17-16-25(37)30(3,4)23(32)15-18-33(24,8)34(22,9)31(5,6)36(35)26(38)12-13-27(36)39/h21-25,28,37H,1,10-19H2,2-9H3,(H,40,41)/t21-,22+,23-,24+,25-,28+,32-,33+,34-,35-/m0/s1. The Morgan fingerprint density at radius 1 is 0.829 bits per heavy atom. The Hall–Kier alpha value is -1.49. The van der Waals surface area contributed by atoms with Crippen molar-refractivity contribution in [2.24, 2.45) is 67.5 Å². The lowest BCUT2D eigenvalue weighted by Crippen LogP contribution is -2.78. The van der Waals surface area contributed by atoms with Gasteiger partial charge in [0.25, 0.3) is 0 Å². The van der Waals surface area contributed by atoms with Crippen molar-refractivity contribution >= 4 is 17.5 Å². The fourth-order valence-corrected chi connectivity index (χ4v) is 14.6. The van der Waals surface area contributed by atoms with Gasteiger partial charge < -0.3 is 10.2 Å². The lowest BCUT2D eigenvalue weighted by Gasteiger charge is -2.78. The first-order valence-corrected chi connectivity index (χ1v) is 16.5. The summed E-state index contributed by atoms with van der Waals surface area (Å²) in [6, 6.07) is 0. The van der Waals surface area contributed by atoms with Crippen LogP contribution < -0.4 is 0 Å². The maximum atomic E-state index is 14.5. The average Bonchev–Trinajstić information content (AvgIpc) is 3.41. The van der Waals surface area contributed by atoms with Gasteiger partial charge in [0.05, 0.1) is 11.5 Å². The number of rotatable bonds is 2. The van der Waals surface area contributed by atoms with Crippen LogP contribution in [0, 0.1) is 67.5 Å². The molecule has 0 saturated heterocycles. The third kappa shape index (κ3) is 2.84. The van der Waals surface area contributed by atoms with Crippen molar-refractivity contribution in [2.75, 3.05) is 0 Å². The van der Waals surface area contributed by atoms with Crippen LogP contribution in [0.2, 0.25) is 0 Å². The molecule has 0 aromatic rings. The molecule has 6 aliphatic carbocycles. The van der Waals surface area contributed by atoms with Crippen LogP contribution in [0.15, 0.2) is 12.2 Å². The number of hydrogen-bond acceptors (Lipinski definition) is 4. The van der Waals surface area contributed by atoms with E-state index in [1.54, 1.807) is 0 Å². The van der Waals surface area contributed by atoms with Crippen molar-refractivity contribution in [3.8, 4) is 0 Å². The zero-order chi connectivity index (χ0) is 30.3. The molecule has 41 heavy (non-hydrogen) atoms. The maximum Gasteiger partial charge on any atom is 0.311 e. The highest BCUT2D eigenvalue weighted by molar-refractivity contribution is 6.17. The molecule has 5 nitrogen and oxygen atoms in total. The smallest absolute Gasteiger partial charge is 0.311 e. The number of aliphatic hydroxyl groups is 1. The largest absolute Gasteiger partial charge is 0.481 e. The molecule has 10 atom stereocenters. The van der Waals surface area contributed by atoms with E-state index in [1.807, 2.05) is 6.92 Å². The molecule has 6 saturated carbocycles. The summed E-state index contributed by atoms with van der Waals surface area (Å²) in [5.74, 6) is -0.560. The number of ketones is 2. The number of aliphatic carboxylic acids is 1. The molecular weight excluding hydrogens is 512 g/mol. The number of carbonyl (C=O) groups excluding carboxylic acids is 2. The summed E-state index contributed by atoms with van der Waals surface area (Å²) in [6.45, 7) is 22.5. The van der Waals surface area contributed by atoms with Crippen LogP contribution in [0.3, 0.4) is 0 Å². The molecule has 0 heterocycles. The number of aliphatic hydroxyl groups excluding tert-OH is 1. The van der Waals surface area contributed by atoms with E-state index in [9.17, 15) is 24.6 Å². The summed E-state index contributed by atoms with van der Waals surface area (Å²) in [6.07, 6.45) is 6.83. The molecule has 6 fully saturated rings. The Morgan fingerprint density at radius 2 is 1.44 bits per heavy atom. The molecule has 0 unspecified atom stereocenters. The van der Waals surface area contributed by atoms with Gasteiger partial charge in [-0.1, -0.05) is 60.6 Å². The zero-order valence-corrected chi connectivity index (χ0v) is 26.9. The van der Waals surface area contributed by atoms with Crippen molar-refractivity contribution < 1.29 is 24.6 Å². The van der Waals surface area contributed by atoms with E-state index in [-0.39, 0.29) is 64.5 Å². The molecule has 6 rings (SSSR count). The number of carboxylic acids is 1. The van der Waals surface area contributed by atoms with E-state index in [4.69, 9.17) is 0 Å². The second-order valence-corrected chi connectivity index (χ2v) is 17.3. The van der Waals surface area contributed by atoms with Gasteiger partial charge in [-0.3, -0.25) is 14.4 Å². The van der Waals surface area contributed by atoms with E-state index in [1.165, 1.54) is 0 Å². The summed E-state index contributed by atoms with van der Waals surface area (Å²) < 4.78 is 0. The van der Waals surface area contributed by atoms with Crippen LogP contribution in [0.4, 0.5) is 0 Å². The minimum Gasteiger partial charge on any atom is -0.481 e. The molecule has 2 N–H and O–H groups in total. The summed E-state index contributed by atoms with van der Waals surface area (Å²) in [5, 5.41) is 22.4. The first kappa shape index (κ1) is 29.6. The lowest BCUT2D eigenvalue weighted by molar-refractivity contribution is -0.309. The molecule has 0 aromatic heterocycles. The van der Waals surface area contributed by atoms with Gasteiger partial charge in [0.1, 0.15) is 17.0 Å². The van der Waals surface area contributed by atoms with Gasteiger partial charge in [0, 0.05) is 12.8 Å². The van der Waals surface area contributed by atoms with Gasteiger partial charge in [0.2, 0.25) is 0 Å². The fraction of sp³-hybridized carbons (Fsp3) is 0.861. The van der Waals surface area contributed by atoms with Crippen LogP contribution in [-0.4, -0.2) is 33.9 Å². The minimum absolute atomic E-state index is 0.000404. The molecule has 0 aromatic carbocycles. The highest BCUT2D eigenvalue weighted by atomic mass is 16.4. The Bertz CT molecular complexity index is 1210. The minimum atomic E-state index is -1.52. The topological polar surface area (TPSA) is 91.7 Å². The van der Waals surface area contributed by atoms with Gasteiger partial charge in [0.15, 0.2) is 0 Å². The van der Waals surface area contributed by atoms with Crippen molar-refractivity contribution in [3.63, 3.8) is 0 Å². The number of carbonyl (C=O) groups is 3. The van der Waals surface area contributed by atoms with Crippen LogP contribution in [0.5, 0.6) is 0 Å². The van der Waals surface area contributed by atoms with E-state index in [2.05, 4.69) is 55.0 Å². The molecule has 0 amide bonds. The Labute approximate surface area is 247 Å². The van der Waals surface area contributed by atoms with Crippen LogP contribution in [0.1, 0.15) is 120 Å². The number of allylic oxidation sites excluding steroid dienone is 1. The van der Waals surface area contributed by atoms with Gasteiger partial charge >= 0.3 is 5.97 Å². The average molecular weight is 567 g/mol. The third-order valence-corrected chi connectivity index (χ3v) is 16.3. The normalized spacial score (nSPS) is 51.0. The second kappa shape index (κ2) is 8.36.